The first-order valence-electron chi connectivity index (χ1n) is 6.50. The number of carbonyl (C=O) groups is 1. The number of anilines is 2. The van der Waals surface area contributed by atoms with Gasteiger partial charge in [-0.15, -0.1) is 0 Å². The van der Waals surface area contributed by atoms with E-state index in [9.17, 15) is 4.79 Å². The van der Waals surface area contributed by atoms with E-state index in [-0.39, 0.29) is 18.4 Å². The zero-order chi connectivity index (χ0) is 14.6. The van der Waals surface area contributed by atoms with E-state index in [1.807, 2.05) is 39.6 Å². The number of nitrogens with two attached hydrogens (primary N) is 1. The number of nitrogens with zero attached hydrogens (tertiary/aromatic N) is 3. The molecule has 0 spiro atoms. The Bertz CT molecular complexity index is 459. The average Bonchev–Trinajstić information content (AvgIpc) is 2.36. The van der Waals surface area contributed by atoms with Crippen molar-refractivity contribution in [3.05, 3.63) is 11.4 Å². The van der Waals surface area contributed by atoms with Crippen LogP contribution in [0.25, 0.3) is 0 Å². The summed E-state index contributed by atoms with van der Waals surface area (Å²) >= 11 is 0. The molecule has 0 saturated carbocycles. The van der Waals surface area contributed by atoms with Gasteiger partial charge in [-0.2, -0.15) is 0 Å². The average molecular weight is 265 g/mol. The highest BCUT2D eigenvalue weighted by Gasteiger charge is 2.17. The van der Waals surface area contributed by atoms with Gasteiger partial charge in [0, 0.05) is 25.1 Å². The number of nitrogens with one attached hydrogen (secondary N) is 1. The fraction of sp³-hybridized carbons (Fsp3) is 0.615. The van der Waals surface area contributed by atoms with Crippen molar-refractivity contribution < 1.29 is 4.79 Å². The van der Waals surface area contributed by atoms with Gasteiger partial charge in [0.05, 0.1) is 6.54 Å². The molecule has 6 heteroatoms. The van der Waals surface area contributed by atoms with Gasteiger partial charge in [-0.25, -0.2) is 9.97 Å². The number of aromatic nitrogens is 2. The smallest absolute Gasteiger partial charge is 0.236 e. The van der Waals surface area contributed by atoms with Crippen molar-refractivity contribution >= 4 is 17.5 Å². The highest BCUT2D eigenvalue weighted by Crippen LogP contribution is 2.25. The molecule has 6 nitrogen and oxygen atoms in total. The normalized spacial score (nSPS) is 10.6. The van der Waals surface area contributed by atoms with Crippen LogP contribution < -0.4 is 16.0 Å². The molecular weight excluding hydrogens is 242 g/mol. The Morgan fingerprint density at radius 3 is 2.47 bits per heavy atom. The molecule has 106 valence electrons. The van der Waals surface area contributed by atoms with Crippen LogP contribution in [0.4, 0.5) is 11.6 Å². The van der Waals surface area contributed by atoms with Gasteiger partial charge >= 0.3 is 0 Å². The number of hydrogen-bond donors (Lipinski definition) is 2. The Balaban J connectivity index is 3.30. The molecule has 1 rings (SSSR count). The van der Waals surface area contributed by atoms with Crippen molar-refractivity contribution in [1.29, 1.82) is 0 Å². The van der Waals surface area contributed by atoms with Crippen LogP contribution in [0.5, 0.6) is 0 Å². The highest BCUT2D eigenvalue weighted by atomic mass is 16.1. The summed E-state index contributed by atoms with van der Waals surface area (Å²) in [6.07, 6.45) is 0. The summed E-state index contributed by atoms with van der Waals surface area (Å²) in [6.45, 7) is 8.82. The summed E-state index contributed by atoms with van der Waals surface area (Å²) in [4.78, 5) is 22.1. The summed E-state index contributed by atoms with van der Waals surface area (Å²) in [5, 5.41) is 3.07. The second-order valence-corrected chi connectivity index (χ2v) is 4.76. The number of amides is 1. The fourth-order valence-electron chi connectivity index (χ4n) is 1.86. The van der Waals surface area contributed by atoms with Gasteiger partial charge in [-0.3, -0.25) is 4.79 Å². The van der Waals surface area contributed by atoms with Gasteiger partial charge in [0.15, 0.2) is 0 Å². The Morgan fingerprint density at radius 2 is 2.05 bits per heavy atom. The third-order valence-electron chi connectivity index (χ3n) is 2.92. The minimum Gasteiger partial charge on any atom is -0.373 e. The van der Waals surface area contributed by atoms with Crippen LogP contribution in [0.1, 0.15) is 38.1 Å². The summed E-state index contributed by atoms with van der Waals surface area (Å²) in [5.41, 5.74) is 6.21. The van der Waals surface area contributed by atoms with E-state index < -0.39 is 0 Å². The van der Waals surface area contributed by atoms with Crippen LogP contribution in [0.2, 0.25) is 0 Å². The lowest BCUT2D eigenvalue weighted by atomic mass is 10.2. The minimum absolute atomic E-state index is 0.162. The van der Waals surface area contributed by atoms with Gasteiger partial charge in [-0.05, 0) is 13.8 Å². The maximum atomic E-state index is 11.1. The molecule has 0 atom stereocenters. The highest BCUT2D eigenvalue weighted by molar-refractivity contribution is 5.79. The number of rotatable bonds is 6. The zero-order valence-electron chi connectivity index (χ0n) is 12.3. The third-order valence-corrected chi connectivity index (χ3v) is 2.92. The monoisotopic (exact) mass is 265 g/mol. The molecule has 1 heterocycles. The van der Waals surface area contributed by atoms with Crippen molar-refractivity contribution in [3.63, 3.8) is 0 Å². The SMILES string of the molecule is CCN(CC(N)=O)c1nc(C(C)C)nc(NC)c1C. The van der Waals surface area contributed by atoms with E-state index in [4.69, 9.17) is 5.73 Å². The van der Waals surface area contributed by atoms with Gasteiger partial charge < -0.3 is 16.0 Å². The van der Waals surface area contributed by atoms with Crippen LogP contribution >= 0.6 is 0 Å². The molecule has 0 aliphatic rings. The molecular formula is C13H23N5O. The van der Waals surface area contributed by atoms with Crippen molar-refractivity contribution in [3.8, 4) is 0 Å². The predicted molar refractivity (Wildman–Crippen MR) is 77.5 cm³/mol. The topological polar surface area (TPSA) is 84.1 Å². The molecule has 0 aliphatic heterocycles. The van der Waals surface area contributed by atoms with Crippen LogP contribution in [0, 0.1) is 6.92 Å². The molecule has 3 N–H and O–H groups in total. The second-order valence-electron chi connectivity index (χ2n) is 4.76. The fourth-order valence-corrected chi connectivity index (χ4v) is 1.86. The Labute approximate surface area is 114 Å². The zero-order valence-corrected chi connectivity index (χ0v) is 12.3. The quantitative estimate of drug-likeness (QED) is 0.809. The minimum atomic E-state index is -0.364. The number of carbonyl (C=O) groups excluding carboxylic acids is 1. The first kappa shape index (κ1) is 15.2. The van der Waals surface area contributed by atoms with Gasteiger partial charge in [0.25, 0.3) is 0 Å². The molecule has 0 aliphatic carbocycles. The van der Waals surface area contributed by atoms with E-state index in [2.05, 4.69) is 15.3 Å². The van der Waals surface area contributed by atoms with Gasteiger partial charge in [0.1, 0.15) is 17.5 Å². The largest absolute Gasteiger partial charge is 0.373 e. The molecule has 0 aromatic carbocycles. The Kier molecular flexibility index (Phi) is 5.09. The lowest BCUT2D eigenvalue weighted by molar-refractivity contribution is -0.116. The molecule has 1 amide bonds. The Hall–Kier alpha value is -1.85. The van der Waals surface area contributed by atoms with Crippen molar-refractivity contribution in [2.45, 2.75) is 33.6 Å². The lowest BCUT2D eigenvalue weighted by Crippen LogP contribution is -2.35. The number of hydrogen-bond acceptors (Lipinski definition) is 5. The van der Waals surface area contributed by atoms with Crippen LogP contribution in [-0.4, -0.2) is 36.0 Å². The molecule has 19 heavy (non-hydrogen) atoms. The molecule has 0 saturated heterocycles. The lowest BCUT2D eigenvalue weighted by Gasteiger charge is -2.24. The maximum absolute atomic E-state index is 11.1. The standard InChI is InChI=1S/C13H23N5O/c1-6-18(7-10(14)19)13-9(4)12(15-5)16-11(17-13)8(2)3/h8H,6-7H2,1-5H3,(H2,14,19)(H,15,16,17). The van der Waals surface area contributed by atoms with Crippen LogP contribution in [0.3, 0.4) is 0 Å². The number of primary amides is 1. The van der Waals surface area contributed by atoms with E-state index in [0.717, 1.165) is 23.0 Å². The predicted octanol–water partition coefficient (Wildman–Crippen LogP) is 1.26. The first-order chi connectivity index (χ1) is 8.90. The summed E-state index contributed by atoms with van der Waals surface area (Å²) in [5.74, 6) is 2.17. The summed E-state index contributed by atoms with van der Waals surface area (Å²) in [6, 6.07) is 0. The maximum Gasteiger partial charge on any atom is 0.236 e. The van der Waals surface area contributed by atoms with E-state index >= 15 is 0 Å². The third kappa shape index (κ3) is 3.56. The van der Waals surface area contributed by atoms with Crippen molar-refractivity contribution in [1.82, 2.24) is 9.97 Å². The Morgan fingerprint density at radius 1 is 1.42 bits per heavy atom. The molecule has 0 unspecified atom stereocenters. The van der Waals surface area contributed by atoms with Crippen molar-refractivity contribution in [2.75, 3.05) is 30.4 Å². The van der Waals surface area contributed by atoms with Crippen LogP contribution in [0.15, 0.2) is 0 Å². The van der Waals surface area contributed by atoms with Crippen molar-refractivity contribution in [2.24, 2.45) is 5.73 Å². The van der Waals surface area contributed by atoms with E-state index in [0.29, 0.717) is 6.54 Å². The first-order valence-corrected chi connectivity index (χ1v) is 6.50. The number of likely N-dealkylation sites (N-methyl/N-ethyl adjacent to an activating group) is 1. The molecule has 0 bridgehead atoms. The summed E-state index contributed by atoms with van der Waals surface area (Å²) < 4.78 is 0. The van der Waals surface area contributed by atoms with Gasteiger partial charge in [0.2, 0.25) is 5.91 Å². The molecule has 0 fully saturated rings. The molecule has 1 aromatic rings. The van der Waals surface area contributed by atoms with Gasteiger partial charge in [-0.1, -0.05) is 13.8 Å². The summed E-state index contributed by atoms with van der Waals surface area (Å²) in [7, 11) is 1.83. The molecule has 0 radical (unpaired) electrons. The second kappa shape index (κ2) is 6.36. The van der Waals surface area contributed by atoms with Crippen LogP contribution in [-0.2, 0) is 4.79 Å². The van der Waals surface area contributed by atoms with E-state index in [1.54, 1.807) is 0 Å². The van der Waals surface area contributed by atoms with E-state index in [1.165, 1.54) is 0 Å². The molecule has 1 aromatic heterocycles.